The van der Waals surface area contributed by atoms with E-state index in [1.807, 2.05) is 18.2 Å². The molecule has 0 radical (unpaired) electrons. The topological polar surface area (TPSA) is 137 Å². The summed E-state index contributed by atoms with van der Waals surface area (Å²) in [5.74, 6) is 0.665. The van der Waals surface area contributed by atoms with Crippen LogP contribution >= 0.6 is 0 Å². The number of hydrogen-bond acceptors (Lipinski definition) is 13. The van der Waals surface area contributed by atoms with E-state index >= 15 is 0 Å². The summed E-state index contributed by atoms with van der Waals surface area (Å²) < 4.78 is 76.6. The Morgan fingerprint density at radius 3 is 0.886 bits per heavy atom. The highest BCUT2D eigenvalue weighted by Crippen LogP contribution is 2.19. The maximum atomic E-state index is 11.8. The molecule has 0 saturated heterocycles. The standard InChI is InChI=1S/C30H54FNO12/c31-5-6-33-7-8-34-9-10-35-11-12-36-13-14-37-15-16-38-17-18-39-19-20-40-21-22-41-23-24-42-25-26-43-27-28-44-30-4-2-1-3-29(30)32/h1-4H,5-28,32H2. The summed E-state index contributed by atoms with van der Waals surface area (Å²) >= 11 is 0. The normalized spacial score (nSPS) is 11.4. The molecule has 0 heterocycles. The number of nitrogens with two attached hydrogens (primary N) is 1. The average molecular weight is 640 g/mol. The Morgan fingerprint density at radius 2 is 0.614 bits per heavy atom. The van der Waals surface area contributed by atoms with Crippen molar-refractivity contribution in [1.29, 1.82) is 0 Å². The molecular formula is C30H54FNO12. The lowest BCUT2D eigenvalue weighted by atomic mass is 10.3. The molecular weight excluding hydrogens is 585 g/mol. The van der Waals surface area contributed by atoms with E-state index in [0.29, 0.717) is 157 Å². The Kier molecular flexibility index (Phi) is 31.3. The van der Waals surface area contributed by atoms with E-state index in [2.05, 4.69) is 0 Å². The van der Waals surface area contributed by atoms with E-state index in [1.54, 1.807) is 6.07 Å². The van der Waals surface area contributed by atoms with Gasteiger partial charge in [0.15, 0.2) is 0 Å². The van der Waals surface area contributed by atoms with E-state index in [-0.39, 0.29) is 6.61 Å². The number of benzene rings is 1. The zero-order valence-electron chi connectivity index (χ0n) is 26.1. The molecule has 0 aliphatic heterocycles. The fraction of sp³-hybridized carbons (Fsp3) is 0.800. The maximum absolute atomic E-state index is 11.8. The summed E-state index contributed by atoms with van der Waals surface area (Å²) in [5.41, 5.74) is 6.43. The third-order valence-corrected chi connectivity index (χ3v) is 5.35. The Bertz CT molecular complexity index is 710. The maximum Gasteiger partial charge on any atom is 0.142 e. The first-order valence-electron chi connectivity index (χ1n) is 15.2. The van der Waals surface area contributed by atoms with Gasteiger partial charge in [0.25, 0.3) is 0 Å². The van der Waals surface area contributed by atoms with Crippen molar-refractivity contribution in [3.63, 3.8) is 0 Å². The van der Waals surface area contributed by atoms with Crippen LogP contribution in [0.5, 0.6) is 5.75 Å². The minimum absolute atomic E-state index is 0.112. The van der Waals surface area contributed by atoms with Gasteiger partial charge in [-0.1, -0.05) is 12.1 Å². The van der Waals surface area contributed by atoms with Crippen molar-refractivity contribution < 1.29 is 61.2 Å². The molecule has 1 aromatic carbocycles. The molecule has 14 heteroatoms. The van der Waals surface area contributed by atoms with Crippen molar-refractivity contribution in [2.75, 3.05) is 164 Å². The SMILES string of the molecule is Nc1ccccc1OCCOCCOCCOCCOCCOCCOCCOCCOCCOCCOCCOCCF. The second kappa shape index (κ2) is 34.2. The van der Waals surface area contributed by atoms with Crippen molar-refractivity contribution in [1.82, 2.24) is 0 Å². The Balaban J connectivity index is 1.63. The van der Waals surface area contributed by atoms with Gasteiger partial charge in [-0.05, 0) is 12.1 Å². The lowest BCUT2D eigenvalue weighted by Gasteiger charge is -2.09. The van der Waals surface area contributed by atoms with Crippen LogP contribution in [-0.2, 0) is 52.1 Å². The van der Waals surface area contributed by atoms with Crippen molar-refractivity contribution in [2.45, 2.75) is 0 Å². The summed E-state index contributed by atoms with van der Waals surface area (Å²) in [6.07, 6.45) is 0. The molecule has 0 aromatic heterocycles. The molecule has 0 spiro atoms. The predicted molar refractivity (Wildman–Crippen MR) is 161 cm³/mol. The Morgan fingerprint density at radius 1 is 0.364 bits per heavy atom. The number of hydrogen-bond donors (Lipinski definition) is 1. The summed E-state index contributed by atoms with van der Waals surface area (Å²) in [4.78, 5) is 0. The Hall–Kier alpha value is -1.69. The quantitative estimate of drug-likeness (QED) is 0.0845. The molecule has 258 valence electrons. The molecule has 0 saturated carbocycles. The van der Waals surface area contributed by atoms with E-state index in [1.165, 1.54) is 0 Å². The second-order valence-electron chi connectivity index (χ2n) is 8.81. The van der Waals surface area contributed by atoms with Gasteiger partial charge in [-0.3, -0.25) is 0 Å². The van der Waals surface area contributed by atoms with Gasteiger partial charge in [0, 0.05) is 0 Å². The van der Waals surface area contributed by atoms with Gasteiger partial charge in [-0.2, -0.15) is 0 Å². The first-order chi connectivity index (χ1) is 21.8. The van der Waals surface area contributed by atoms with Crippen LogP contribution in [0.15, 0.2) is 24.3 Å². The van der Waals surface area contributed by atoms with Crippen molar-refractivity contribution >= 4 is 5.69 Å². The van der Waals surface area contributed by atoms with Crippen LogP contribution in [0.25, 0.3) is 0 Å². The summed E-state index contributed by atoms with van der Waals surface area (Å²) in [6.45, 7) is 10.2. The van der Waals surface area contributed by atoms with Gasteiger partial charge in [-0.25, -0.2) is 4.39 Å². The van der Waals surface area contributed by atoms with E-state index in [0.717, 1.165) is 0 Å². The molecule has 44 heavy (non-hydrogen) atoms. The lowest BCUT2D eigenvalue weighted by Crippen LogP contribution is -2.15. The van der Waals surface area contributed by atoms with Gasteiger partial charge < -0.3 is 62.6 Å². The number of halogens is 1. The molecule has 0 amide bonds. The van der Waals surface area contributed by atoms with Gasteiger partial charge >= 0.3 is 0 Å². The van der Waals surface area contributed by atoms with Crippen LogP contribution < -0.4 is 10.5 Å². The number of para-hydroxylation sites is 2. The molecule has 1 aromatic rings. The molecule has 0 aliphatic rings. The molecule has 1 rings (SSSR count). The highest BCUT2D eigenvalue weighted by Gasteiger charge is 1.99. The largest absolute Gasteiger partial charge is 0.489 e. The highest BCUT2D eigenvalue weighted by atomic mass is 19.1. The number of alkyl halides is 1. The van der Waals surface area contributed by atoms with E-state index in [9.17, 15) is 4.39 Å². The zero-order valence-corrected chi connectivity index (χ0v) is 26.1. The number of ether oxygens (including phenoxy) is 12. The fourth-order valence-corrected chi connectivity index (χ4v) is 3.18. The number of nitrogen functional groups attached to an aromatic ring is 1. The van der Waals surface area contributed by atoms with Crippen LogP contribution in [-0.4, -0.2) is 159 Å². The first-order valence-corrected chi connectivity index (χ1v) is 15.2. The molecule has 0 atom stereocenters. The molecule has 0 bridgehead atoms. The monoisotopic (exact) mass is 639 g/mol. The smallest absolute Gasteiger partial charge is 0.142 e. The second-order valence-corrected chi connectivity index (χ2v) is 8.81. The van der Waals surface area contributed by atoms with Crippen LogP contribution in [0.4, 0.5) is 10.1 Å². The van der Waals surface area contributed by atoms with Gasteiger partial charge in [0.05, 0.1) is 151 Å². The number of anilines is 1. The van der Waals surface area contributed by atoms with Crippen LogP contribution in [0.3, 0.4) is 0 Å². The average Bonchev–Trinajstić information content (AvgIpc) is 3.03. The van der Waals surface area contributed by atoms with E-state index in [4.69, 9.17) is 62.6 Å². The lowest BCUT2D eigenvalue weighted by molar-refractivity contribution is -0.0278. The van der Waals surface area contributed by atoms with Gasteiger partial charge in [-0.15, -0.1) is 0 Å². The molecule has 0 aliphatic carbocycles. The molecule has 13 nitrogen and oxygen atoms in total. The molecule has 2 N–H and O–H groups in total. The highest BCUT2D eigenvalue weighted by molar-refractivity contribution is 5.51. The zero-order chi connectivity index (χ0) is 31.4. The summed E-state index contributed by atoms with van der Waals surface area (Å²) in [5, 5.41) is 0. The third kappa shape index (κ3) is 29.0. The van der Waals surface area contributed by atoms with E-state index < -0.39 is 6.67 Å². The van der Waals surface area contributed by atoms with Crippen molar-refractivity contribution in [2.24, 2.45) is 0 Å². The first kappa shape index (κ1) is 40.3. The van der Waals surface area contributed by atoms with Crippen LogP contribution in [0, 0.1) is 0 Å². The number of rotatable bonds is 36. The minimum atomic E-state index is -0.476. The van der Waals surface area contributed by atoms with Crippen molar-refractivity contribution in [3.05, 3.63) is 24.3 Å². The third-order valence-electron chi connectivity index (χ3n) is 5.35. The summed E-state index contributed by atoms with van der Waals surface area (Å²) in [7, 11) is 0. The Labute approximate surface area is 261 Å². The van der Waals surface area contributed by atoms with Crippen LogP contribution in [0.2, 0.25) is 0 Å². The molecule has 0 fully saturated rings. The van der Waals surface area contributed by atoms with Crippen LogP contribution in [0.1, 0.15) is 0 Å². The van der Waals surface area contributed by atoms with Gasteiger partial charge in [0.1, 0.15) is 19.0 Å². The van der Waals surface area contributed by atoms with Gasteiger partial charge in [0.2, 0.25) is 0 Å². The summed E-state index contributed by atoms with van der Waals surface area (Å²) in [6, 6.07) is 7.37. The molecule has 0 unspecified atom stereocenters. The minimum Gasteiger partial charge on any atom is -0.489 e. The fourth-order valence-electron chi connectivity index (χ4n) is 3.18. The predicted octanol–water partition coefficient (Wildman–Crippen LogP) is 1.80. The van der Waals surface area contributed by atoms with Crippen molar-refractivity contribution in [3.8, 4) is 5.75 Å².